The number of fused-ring (bicyclic) bond motifs is 1. The molecule has 0 fully saturated rings. The van der Waals surface area contributed by atoms with Crippen LogP contribution in [-0.4, -0.2) is 46.8 Å². The molecule has 1 aromatic carbocycles. The van der Waals surface area contributed by atoms with Gasteiger partial charge in [0.2, 0.25) is 0 Å². The number of H-pyrrole nitrogens is 1. The molecule has 0 saturated heterocycles. The minimum Gasteiger partial charge on any atom is -0.318 e. The van der Waals surface area contributed by atoms with E-state index in [2.05, 4.69) is 27.5 Å². The van der Waals surface area contributed by atoms with Crippen molar-refractivity contribution >= 4 is 10.9 Å². The lowest BCUT2D eigenvalue weighted by atomic mass is 10.1. The first kappa shape index (κ1) is 16.4. The summed E-state index contributed by atoms with van der Waals surface area (Å²) < 4.78 is 1.69. The molecule has 0 saturated carbocycles. The molecule has 0 radical (unpaired) electrons. The van der Waals surface area contributed by atoms with E-state index in [1.54, 1.807) is 11.6 Å². The fourth-order valence-corrected chi connectivity index (χ4v) is 2.93. The van der Waals surface area contributed by atoms with Crippen LogP contribution in [0.15, 0.2) is 41.3 Å². The van der Waals surface area contributed by atoms with Crippen LogP contribution in [0.1, 0.15) is 5.56 Å². The highest BCUT2D eigenvalue weighted by molar-refractivity contribution is 5.83. The molecule has 2 aromatic heterocycles. The van der Waals surface area contributed by atoms with Gasteiger partial charge in [-0.25, -0.2) is 0 Å². The Bertz CT molecular complexity index is 896. The van der Waals surface area contributed by atoms with Crippen molar-refractivity contribution in [3.8, 4) is 11.3 Å². The van der Waals surface area contributed by atoms with Crippen molar-refractivity contribution in [1.82, 2.24) is 25.0 Å². The van der Waals surface area contributed by atoms with Gasteiger partial charge in [0.15, 0.2) is 0 Å². The Morgan fingerprint density at radius 1 is 1.33 bits per heavy atom. The lowest BCUT2D eigenvalue weighted by molar-refractivity contribution is 0.328. The fraction of sp³-hybridized carbons (Fsp3) is 0.333. The number of hydrogen-bond acceptors (Lipinski definition) is 4. The van der Waals surface area contributed by atoms with Crippen molar-refractivity contribution in [3.63, 3.8) is 0 Å². The molecule has 0 spiro atoms. The maximum absolute atomic E-state index is 12.8. The molecule has 3 aromatic rings. The van der Waals surface area contributed by atoms with E-state index in [1.165, 1.54) is 0 Å². The van der Waals surface area contributed by atoms with E-state index in [4.69, 9.17) is 0 Å². The Hall–Kier alpha value is -2.44. The zero-order valence-electron chi connectivity index (χ0n) is 14.3. The lowest BCUT2D eigenvalue weighted by Gasteiger charge is -2.16. The molecule has 6 heteroatoms. The van der Waals surface area contributed by atoms with Crippen molar-refractivity contribution in [2.75, 3.05) is 27.2 Å². The van der Waals surface area contributed by atoms with Gasteiger partial charge in [-0.3, -0.25) is 9.89 Å². The summed E-state index contributed by atoms with van der Waals surface area (Å²) in [5, 5.41) is 11.4. The summed E-state index contributed by atoms with van der Waals surface area (Å²) in [6.07, 6.45) is 1.87. The quantitative estimate of drug-likeness (QED) is 0.722. The molecule has 0 atom stereocenters. The van der Waals surface area contributed by atoms with Gasteiger partial charge in [0.05, 0.1) is 11.1 Å². The van der Waals surface area contributed by atoms with E-state index in [9.17, 15) is 4.79 Å². The minimum atomic E-state index is -0.0278. The van der Waals surface area contributed by atoms with Gasteiger partial charge < -0.3 is 14.8 Å². The second-order valence-corrected chi connectivity index (χ2v) is 6.08. The summed E-state index contributed by atoms with van der Waals surface area (Å²) in [5.41, 5.74) is 3.29. The summed E-state index contributed by atoms with van der Waals surface area (Å²) in [7, 11) is 5.81. The average molecular weight is 325 g/mol. The molecule has 0 unspecified atom stereocenters. The summed E-state index contributed by atoms with van der Waals surface area (Å²) in [4.78, 5) is 15.0. The topological polar surface area (TPSA) is 66.0 Å². The van der Waals surface area contributed by atoms with Crippen molar-refractivity contribution in [2.45, 2.75) is 6.54 Å². The van der Waals surface area contributed by atoms with Gasteiger partial charge >= 0.3 is 0 Å². The van der Waals surface area contributed by atoms with Crippen LogP contribution in [0.5, 0.6) is 0 Å². The van der Waals surface area contributed by atoms with Crippen LogP contribution < -0.4 is 10.9 Å². The molecule has 24 heavy (non-hydrogen) atoms. The number of likely N-dealkylation sites (N-methyl/N-ethyl adjacent to an activating group) is 2. The Morgan fingerprint density at radius 2 is 2.12 bits per heavy atom. The zero-order chi connectivity index (χ0) is 17.1. The van der Waals surface area contributed by atoms with Crippen LogP contribution in [0.4, 0.5) is 0 Å². The fourth-order valence-electron chi connectivity index (χ4n) is 2.93. The minimum absolute atomic E-state index is 0.0278. The normalized spacial score (nSPS) is 11.5. The van der Waals surface area contributed by atoms with E-state index in [0.717, 1.165) is 41.8 Å². The van der Waals surface area contributed by atoms with E-state index in [-0.39, 0.29) is 5.56 Å². The third kappa shape index (κ3) is 3.11. The number of nitrogens with zero attached hydrogens (tertiary/aromatic N) is 3. The van der Waals surface area contributed by atoms with Gasteiger partial charge in [-0.1, -0.05) is 18.2 Å². The molecular weight excluding hydrogens is 302 g/mol. The van der Waals surface area contributed by atoms with Gasteiger partial charge in [-0.15, -0.1) is 0 Å². The molecule has 0 amide bonds. The molecule has 126 valence electrons. The second-order valence-electron chi connectivity index (χ2n) is 6.08. The van der Waals surface area contributed by atoms with Crippen LogP contribution in [0.3, 0.4) is 0 Å². The number of aromatic amines is 1. The second kappa shape index (κ2) is 6.98. The first-order chi connectivity index (χ1) is 11.6. The summed E-state index contributed by atoms with van der Waals surface area (Å²) >= 11 is 0. The van der Waals surface area contributed by atoms with Crippen LogP contribution >= 0.6 is 0 Å². The summed E-state index contributed by atoms with van der Waals surface area (Å²) in [6.45, 7) is 2.59. The summed E-state index contributed by atoms with van der Waals surface area (Å²) in [6, 6.07) is 9.83. The molecule has 2 heterocycles. The van der Waals surface area contributed by atoms with E-state index in [1.807, 2.05) is 43.6 Å². The average Bonchev–Trinajstić information content (AvgIpc) is 3.04. The van der Waals surface area contributed by atoms with E-state index >= 15 is 0 Å². The Balaban J connectivity index is 2.01. The van der Waals surface area contributed by atoms with Gasteiger partial charge in [0, 0.05) is 38.4 Å². The summed E-state index contributed by atoms with van der Waals surface area (Å²) in [5.74, 6) is 0. The molecule has 6 nitrogen and oxygen atoms in total. The SMILES string of the molecule is CNCCN(C)Cc1c[nH]nc1-c1cc2ccccc2n(C)c1=O. The largest absolute Gasteiger partial charge is 0.318 e. The van der Waals surface area contributed by atoms with Crippen molar-refractivity contribution < 1.29 is 0 Å². The van der Waals surface area contributed by atoms with Gasteiger partial charge in [-0.05, 0) is 31.6 Å². The Labute approximate surface area is 141 Å². The predicted octanol–water partition coefficient (Wildman–Crippen LogP) is 1.58. The lowest BCUT2D eigenvalue weighted by Crippen LogP contribution is -2.27. The molecule has 2 N–H and O–H groups in total. The maximum Gasteiger partial charge on any atom is 0.260 e. The standard InChI is InChI=1S/C18H23N5O/c1-19-8-9-22(2)12-14-11-20-21-17(14)15-10-13-6-4-5-7-16(13)23(3)18(15)24/h4-7,10-11,19H,8-9,12H2,1-3H3,(H,20,21). The number of pyridine rings is 1. The monoisotopic (exact) mass is 325 g/mol. The molecular formula is C18H23N5O. The number of aromatic nitrogens is 3. The zero-order valence-corrected chi connectivity index (χ0v) is 14.3. The van der Waals surface area contributed by atoms with E-state index < -0.39 is 0 Å². The third-order valence-corrected chi connectivity index (χ3v) is 4.29. The number of aryl methyl sites for hydroxylation is 1. The third-order valence-electron chi connectivity index (χ3n) is 4.29. The van der Waals surface area contributed by atoms with Crippen LogP contribution in [0.25, 0.3) is 22.2 Å². The molecule has 0 aliphatic carbocycles. The molecule has 0 bridgehead atoms. The molecule has 0 aliphatic heterocycles. The molecule has 3 rings (SSSR count). The first-order valence-electron chi connectivity index (χ1n) is 8.06. The smallest absolute Gasteiger partial charge is 0.260 e. The predicted molar refractivity (Wildman–Crippen MR) is 97.0 cm³/mol. The number of rotatable bonds is 6. The van der Waals surface area contributed by atoms with Gasteiger partial charge in [-0.2, -0.15) is 5.10 Å². The number of para-hydroxylation sites is 1. The Morgan fingerprint density at radius 3 is 2.92 bits per heavy atom. The van der Waals surface area contributed by atoms with Crippen molar-refractivity contribution in [1.29, 1.82) is 0 Å². The number of nitrogens with one attached hydrogen (secondary N) is 2. The van der Waals surface area contributed by atoms with Crippen LogP contribution in [-0.2, 0) is 13.6 Å². The highest BCUT2D eigenvalue weighted by Gasteiger charge is 2.15. The first-order valence-corrected chi connectivity index (χ1v) is 8.06. The maximum atomic E-state index is 12.8. The van der Waals surface area contributed by atoms with Crippen molar-refractivity contribution in [3.05, 3.63) is 52.4 Å². The molecule has 0 aliphatic rings. The van der Waals surface area contributed by atoms with Gasteiger partial charge in [0.25, 0.3) is 5.56 Å². The van der Waals surface area contributed by atoms with E-state index in [0.29, 0.717) is 5.56 Å². The van der Waals surface area contributed by atoms with Crippen molar-refractivity contribution in [2.24, 2.45) is 7.05 Å². The highest BCUT2D eigenvalue weighted by atomic mass is 16.1. The van der Waals surface area contributed by atoms with Gasteiger partial charge in [0.1, 0.15) is 5.69 Å². The Kier molecular flexibility index (Phi) is 4.78. The number of hydrogen-bond donors (Lipinski definition) is 2. The highest BCUT2D eigenvalue weighted by Crippen LogP contribution is 2.22. The van der Waals surface area contributed by atoms with Crippen LogP contribution in [0, 0.1) is 0 Å². The number of benzene rings is 1. The van der Waals surface area contributed by atoms with Crippen LogP contribution in [0.2, 0.25) is 0 Å².